The van der Waals surface area contributed by atoms with Gasteiger partial charge in [0.05, 0.1) is 26.3 Å². The number of hydrogen-bond acceptors (Lipinski definition) is 7. The van der Waals surface area contributed by atoms with Gasteiger partial charge in [0.25, 0.3) is 0 Å². The molecule has 0 aliphatic carbocycles. The maximum Gasteiger partial charge on any atom is 0.225 e. The number of hydrogen-bond donors (Lipinski definition) is 4. The van der Waals surface area contributed by atoms with E-state index in [4.69, 9.17) is 21.7 Å². The molecule has 9 nitrogen and oxygen atoms in total. The van der Waals surface area contributed by atoms with E-state index in [0.717, 1.165) is 0 Å². The van der Waals surface area contributed by atoms with Crippen molar-refractivity contribution in [1.82, 2.24) is 19.3 Å². The Kier molecular flexibility index (Phi) is 3.02. The van der Waals surface area contributed by atoms with Crippen molar-refractivity contribution in [2.45, 2.75) is 0 Å². The Hall–Kier alpha value is -2.00. The van der Waals surface area contributed by atoms with E-state index in [0.29, 0.717) is 18.7 Å². The molecule has 0 aromatic carbocycles. The normalized spacial score (nSPS) is 11.2. The molecule has 2 rings (SSSR count). The third-order valence-electron chi connectivity index (χ3n) is 2.38. The van der Waals surface area contributed by atoms with E-state index >= 15 is 0 Å². The summed E-state index contributed by atoms with van der Waals surface area (Å²) in [4.78, 5) is 9.54. The summed E-state index contributed by atoms with van der Waals surface area (Å²) < 4.78 is 1.51. The van der Waals surface area contributed by atoms with E-state index in [1.54, 1.807) is 9.80 Å². The molecule has 0 aliphatic rings. The van der Waals surface area contributed by atoms with Gasteiger partial charge in [-0.15, -0.1) is 0 Å². The molecule has 0 unspecified atom stereocenters. The van der Waals surface area contributed by atoms with Crippen molar-refractivity contribution in [2.24, 2.45) is 0 Å². The average molecular weight is 241 g/mol. The minimum absolute atomic E-state index is 0.0518. The summed E-state index contributed by atoms with van der Waals surface area (Å²) in [6.45, 7) is 0.570. The Bertz CT molecular complexity index is 499. The topological polar surface area (TPSA) is 131 Å². The van der Waals surface area contributed by atoms with Gasteiger partial charge in [-0.2, -0.15) is 14.3 Å². The van der Waals surface area contributed by atoms with Crippen LogP contribution in [0.2, 0.25) is 0 Å². The van der Waals surface area contributed by atoms with Crippen LogP contribution in [-0.4, -0.2) is 55.8 Å². The Morgan fingerprint density at radius 2 is 1.88 bits per heavy atom. The van der Waals surface area contributed by atoms with Crippen molar-refractivity contribution >= 4 is 17.4 Å². The average Bonchev–Trinajstić information content (AvgIpc) is 2.82. The summed E-state index contributed by atoms with van der Waals surface area (Å²) in [6, 6.07) is 0. The Balaban J connectivity index is 2.45. The number of imidazole rings is 1. The molecule has 9 heteroatoms. The van der Waals surface area contributed by atoms with Gasteiger partial charge < -0.3 is 21.7 Å². The highest BCUT2D eigenvalue weighted by molar-refractivity contribution is 5.63. The first-order chi connectivity index (χ1) is 8.19. The molecule has 6 N–H and O–H groups in total. The van der Waals surface area contributed by atoms with Gasteiger partial charge in [-0.25, -0.2) is 4.98 Å². The van der Waals surface area contributed by atoms with Gasteiger partial charge in [0, 0.05) is 0 Å². The fraction of sp³-hybridized carbons (Fsp3) is 0.500. The largest absolute Gasteiger partial charge is 0.394 e. The molecule has 0 amide bonds. The maximum atomic E-state index is 8.97. The van der Waals surface area contributed by atoms with Gasteiger partial charge in [0.2, 0.25) is 11.6 Å². The third-order valence-corrected chi connectivity index (χ3v) is 2.38. The predicted octanol–water partition coefficient (Wildman–Crippen LogP) is -2.38. The van der Waals surface area contributed by atoms with Crippen molar-refractivity contribution in [1.29, 1.82) is 0 Å². The number of fused-ring (bicyclic) bond motifs is 1. The van der Waals surface area contributed by atoms with E-state index in [1.165, 1.54) is 10.8 Å². The fourth-order valence-corrected chi connectivity index (χ4v) is 1.67. The molecule has 17 heavy (non-hydrogen) atoms. The molecule has 0 radical (unpaired) electrons. The van der Waals surface area contributed by atoms with E-state index in [9.17, 15) is 0 Å². The number of rotatable bonds is 5. The zero-order valence-corrected chi connectivity index (χ0v) is 9.19. The molecule has 0 atom stereocenters. The highest BCUT2D eigenvalue weighted by Crippen LogP contribution is 2.14. The minimum atomic E-state index is -0.0518. The summed E-state index contributed by atoms with van der Waals surface area (Å²) in [7, 11) is 0. The molecular formula is C8H15N7O2. The highest BCUT2D eigenvalue weighted by Gasteiger charge is 2.15. The number of nitrogens with two attached hydrogens (primary N) is 2. The smallest absolute Gasteiger partial charge is 0.225 e. The first-order valence-corrected chi connectivity index (χ1v) is 5.13. The standard InChI is InChI=1S/C8H15N7O2/c9-6-7-11-5-14(15(7)8(10)12-6)13(1-3-16)2-4-17/h5,16-17H,1-4,9H2,(H2,10,12). The predicted molar refractivity (Wildman–Crippen MR) is 61.9 cm³/mol. The van der Waals surface area contributed by atoms with Crippen molar-refractivity contribution in [3.8, 4) is 0 Å². The van der Waals surface area contributed by atoms with Crippen molar-refractivity contribution in [3.63, 3.8) is 0 Å². The SMILES string of the molecule is Nc1nc(N)n2c1ncn2N(CCO)CCO. The highest BCUT2D eigenvalue weighted by atomic mass is 16.3. The van der Waals surface area contributed by atoms with Crippen LogP contribution in [0.5, 0.6) is 0 Å². The molecule has 0 saturated heterocycles. The van der Waals surface area contributed by atoms with Crippen LogP contribution in [0.1, 0.15) is 0 Å². The van der Waals surface area contributed by atoms with Gasteiger partial charge in [-0.1, -0.05) is 0 Å². The Morgan fingerprint density at radius 1 is 1.24 bits per heavy atom. The molecule has 0 saturated carbocycles. The van der Waals surface area contributed by atoms with Crippen molar-refractivity contribution in [3.05, 3.63) is 6.33 Å². The minimum Gasteiger partial charge on any atom is -0.394 e. The quantitative estimate of drug-likeness (QED) is 0.459. The number of anilines is 2. The number of aromatic nitrogens is 4. The molecule has 0 aliphatic heterocycles. The van der Waals surface area contributed by atoms with E-state index < -0.39 is 0 Å². The molecule has 0 spiro atoms. The van der Waals surface area contributed by atoms with Crippen LogP contribution in [0, 0.1) is 0 Å². The van der Waals surface area contributed by atoms with Gasteiger partial charge in [-0.3, -0.25) is 5.01 Å². The van der Waals surface area contributed by atoms with E-state index in [2.05, 4.69) is 9.97 Å². The van der Waals surface area contributed by atoms with Crippen molar-refractivity contribution < 1.29 is 10.2 Å². The lowest BCUT2D eigenvalue weighted by Crippen LogP contribution is -2.41. The zero-order valence-electron chi connectivity index (χ0n) is 9.19. The van der Waals surface area contributed by atoms with Crippen LogP contribution >= 0.6 is 0 Å². The molecule has 2 aromatic heterocycles. The van der Waals surface area contributed by atoms with Gasteiger partial charge in [0.15, 0.2) is 5.82 Å². The van der Waals surface area contributed by atoms with Crippen LogP contribution in [-0.2, 0) is 0 Å². The summed E-state index contributed by atoms with van der Waals surface area (Å²) in [5.74, 6) is 0.449. The van der Waals surface area contributed by atoms with Gasteiger partial charge >= 0.3 is 0 Å². The summed E-state index contributed by atoms with van der Waals surface area (Å²) in [6.07, 6.45) is 1.51. The van der Waals surface area contributed by atoms with E-state index in [1.807, 2.05) is 0 Å². The third kappa shape index (κ3) is 1.85. The summed E-state index contributed by atoms with van der Waals surface area (Å²) in [5, 5.41) is 19.6. The fourth-order valence-electron chi connectivity index (χ4n) is 1.67. The molecule has 0 fully saturated rings. The maximum absolute atomic E-state index is 8.97. The number of nitrogen functional groups attached to an aromatic ring is 2. The lowest BCUT2D eigenvalue weighted by molar-refractivity contribution is 0.259. The molecule has 2 heterocycles. The molecule has 2 aromatic rings. The number of nitrogens with zero attached hydrogens (tertiary/aromatic N) is 5. The summed E-state index contributed by atoms with van der Waals surface area (Å²) in [5.41, 5.74) is 11.8. The van der Waals surface area contributed by atoms with Crippen molar-refractivity contribution in [2.75, 3.05) is 42.8 Å². The first-order valence-electron chi connectivity index (χ1n) is 5.13. The first kappa shape index (κ1) is 11.5. The number of aliphatic hydroxyl groups excluding tert-OH is 2. The second kappa shape index (κ2) is 4.47. The van der Waals surface area contributed by atoms with Crippen LogP contribution in [0.15, 0.2) is 6.33 Å². The van der Waals surface area contributed by atoms with Crippen LogP contribution in [0.25, 0.3) is 5.65 Å². The molecule has 0 bridgehead atoms. The summed E-state index contributed by atoms with van der Waals surface area (Å²) >= 11 is 0. The van der Waals surface area contributed by atoms with E-state index in [-0.39, 0.29) is 25.0 Å². The molecular weight excluding hydrogens is 226 g/mol. The second-order valence-electron chi connectivity index (χ2n) is 3.46. The lowest BCUT2D eigenvalue weighted by Gasteiger charge is -2.23. The zero-order chi connectivity index (χ0) is 12.4. The molecule has 94 valence electrons. The van der Waals surface area contributed by atoms with Crippen LogP contribution in [0.3, 0.4) is 0 Å². The Labute approximate surface area is 96.8 Å². The second-order valence-corrected chi connectivity index (χ2v) is 3.46. The monoisotopic (exact) mass is 241 g/mol. The van der Waals surface area contributed by atoms with Crippen LogP contribution < -0.4 is 16.5 Å². The van der Waals surface area contributed by atoms with Gasteiger partial charge in [0.1, 0.15) is 6.33 Å². The number of aliphatic hydroxyl groups is 2. The Morgan fingerprint density at radius 3 is 2.47 bits per heavy atom. The lowest BCUT2D eigenvalue weighted by atomic mass is 10.6. The van der Waals surface area contributed by atoms with Gasteiger partial charge in [-0.05, 0) is 0 Å². The van der Waals surface area contributed by atoms with Crippen LogP contribution in [0.4, 0.5) is 11.8 Å².